The number of hydrogen-bond acceptors (Lipinski definition) is 4. The quantitative estimate of drug-likeness (QED) is 0.442. The van der Waals surface area contributed by atoms with Crippen molar-refractivity contribution in [2.24, 2.45) is 0 Å². The molecular weight excluding hydrogens is 363 g/mol. The van der Waals surface area contributed by atoms with E-state index in [0.717, 1.165) is 41.8 Å². The highest BCUT2D eigenvalue weighted by Crippen LogP contribution is 2.38. The average molecular weight is 400 g/mol. The molecule has 160 valence electrons. The smallest absolute Gasteiger partial charge is 0.497 e. The number of ether oxygens (including phenoxy) is 2. The summed E-state index contributed by atoms with van der Waals surface area (Å²) in [6, 6.07) is 4.03. The van der Waals surface area contributed by atoms with Gasteiger partial charge in [0.15, 0.2) is 0 Å². The summed E-state index contributed by atoms with van der Waals surface area (Å²) in [5, 5.41) is 0. The van der Waals surface area contributed by atoms with Gasteiger partial charge in [-0.05, 0) is 79.9 Å². The van der Waals surface area contributed by atoms with E-state index >= 15 is 0 Å². The van der Waals surface area contributed by atoms with Crippen LogP contribution in [0.25, 0.3) is 0 Å². The zero-order valence-corrected chi connectivity index (χ0v) is 19.6. The van der Waals surface area contributed by atoms with Gasteiger partial charge >= 0.3 is 7.12 Å². The molecule has 4 nitrogen and oxygen atoms in total. The molecule has 0 aromatic heterocycles. The highest BCUT2D eigenvalue weighted by molar-refractivity contribution is 6.63. The Morgan fingerprint density at radius 3 is 2.03 bits per heavy atom. The lowest BCUT2D eigenvalue weighted by Gasteiger charge is -2.32. The van der Waals surface area contributed by atoms with Gasteiger partial charge in [0, 0.05) is 11.0 Å². The molecule has 1 heterocycles. The molecule has 2 rings (SSSR count). The van der Waals surface area contributed by atoms with Crippen molar-refractivity contribution >= 4 is 12.6 Å². The SMILES string of the molecule is COc1cc(B2OC(C)(C)C(C)(C)O2)c(OC)cc1C/C=C(\C)CCC=C(C)C. The Labute approximate surface area is 177 Å². The fraction of sp³-hybridized carbons (Fsp3) is 0.583. The van der Waals surface area contributed by atoms with Crippen molar-refractivity contribution in [2.45, 2.75) is 78.9 Å². The van der Waals surface area contributed by atoms with E-state index in [-0.39, 0.29) is 0 Å². The first kappa shape index (κ1) is 23.6. The normalized spacial score (nSPS) is 18.0. The second kappa shape index (κ2) is 9.40. The van der Waals surface area contributed by atoms with Crippen molar-refractivity contribution in [3.63, 3.8) is 0 Å². The Balaban J connectivity index is 2.25. The maximum atomic E-state index is 6.22. The van der Waals surface area contributed by atoms with E-state index in [1.807, 2.05) is 39.8 Å². The number of allylic oxidation sites excluding steroid dienone is 4. The molecular formula is C24H37BO4. The molecule has 0 saturated carbocycles. The maximum Gasteiger partial charge on any atom is 0.498 e. The Morgan fingerprint density at radius 1 is 0.931 bits per heavy atom. The highest BCUT2D eigenvalue weighted by atomic mass is 16.7. The first-order valence-electron chi connectivity index (χ1n) is 10.4. The molecule has 0 aliphatic carbocycles. The predicted molar refractivity (Wildman–Crippen MR) is 121 cm³/mol. The van der Waals surface area contributed by atoms with Gasteiger partial charge < -0.3 is 18.8 Å². The van der Waals surface area contributed by atoms with Gasteiger partial charge in [-0.25, -0.2) is 0 Å². The second-order valence-electron chi connectivity index (χ2n) is 9.07. The summed E-state index contributed by atoms with van der Waals surface area (Å²) in [5.41, 5.74) is 3.88. The Kier molecular flexibility index (Phi) is 7.64. The fourth-order valence-electron chi connectivity index (χ4n) is 3.27. The van der Waals surface area contributed by atoms with E-state index in [4.69, 9.17) is 18.8 Å². The lowest BCUT2D eigenvalue weighted by atomic mass is 9.77. The predicted octanol–water partition coefficient (Wildman–Crippen LogP) is 5.24. The van der Waals surface area contributed by atoms with E-state index in [1.54, 1.807) is 14.2 Å². The molecule has 1 aliphatic heterocycles. The molecule has 5 heteroatoms. The summed E-state index contributed by atoms with van der Waals surface area (Å²) in [7, 11) is 2.89. The number of hydrogen-bond donors (Lipinski definition) is 0. The third-order valence-corrected chi connectivity index (χ3v) is 5.90. The molecule has 29 heavy (non-hydrogen) atoms. The highest BCUT2D eigenvalue weighted by Gasteiger charge is 2.52. The summed E-state index contributed by atoms with van der Waals surface area (Å²) in [4.78, 5) is 0. The summed E-state index contributed by atoms with van der Waals surface area (Å²) in [6.45, 7) is 14.7. The molecule has 1 aromatic carbocycles. The zero-order valence-electron chi connectivity index (χ0n) is 19.6. The van der Waals surface area contributed by atoms with Crippen molar-refractivity contribution in [3.8, 4) is 11.5 Å². The standard InChI is InChI=1S/C24H37BO4/c1-17(2)11-10-12-18(3)13-14-19-15-22(27-9)20(16-21(19)26-8)25-28-23(4,5)24(6,7)29-25/h11,13,15-16H,10,12,14H2,1-9H3/b18-13+. The van der Waals surface area contributed by atoms with E-state index in [1.165, 1.54) is 11.1 Å². The Bertz CT molecular complexity index is 757. The van der Waals surface area contributed by atoms with Gasteiger partial charge in [-0.1, -0.05) is 23.3 Å². The molecule has 1 fully saturated rings. The molecule has 1 aliphatic rings. The van der Waals surface area contributed by atoms with E-state index in [0.29, 0.717) is 0 Å². The fourth-order valence-corrected chi connectivity index (χ4v) is 3.27. The molecule has 0 radical (unpaired) electrons. The minimum atomic E-state index is -0.487. The van der Waals surface area contributed by atoms with Crippen LogP contribution in [0.15, 0.2) is 35.4 Å². The monoisotopic (exact) mass is 400 g/mol. The molecule has 0 amide bonds. The van der Waals surface area contributed by atoms with Crippen molar-refractivity contribution < 1.29 is 18.8 Å². The van der Waals surface area contributed by atoms with Gasteiger partial charge in [0.25, 0.3) is 0 Å². The molecule has 0 N–H and O–H groups in total. The number of methoxy groups -OCH3 is 2. The third-order valence-electron chi connectivity index (χ3n) is 5.90. The Morgan fingerprint density at radius 2 is 1.52 bits per heavy atom. The lowest BCUT2D eigenvalue weighted by molar-refractivity contribution is 0.00578. The van der Waals surface area contributed by atoms with Crippen LogP contribution < -0.4 is 14.9 Å². The molecule has 0 atom stereocenters. The van der Waals surface area contributed by atoms with E-state index in [9.17, 15) is 0 Å². The van der Waals surface area contributed by atoms with E-state index in [2.05, 4.69) is 32.9 Å². The maximum absolute atomic E-state index is 6.22. The summed E-state index contributed by atoms with van der Waals surface area (Å²) in [6.07, 6.45) is 7.48. The van der Waals surface area contributed by atoms with Crippen molar-refractivity contribution in [2.75, 3.05) is 14.2 Å². The molecule has 0 spiro atoms. The van der Waals surface area contributed by atoms with Gasteiger partial charge in [-0.15, -0.1) is 0 Å². The van der Waals surface area contributed by atoms with Crippen LogP contribution in [0.2, 0.25) is 0 Å². The van der Waals surface area contributed by atoms with Crippen LogP contribution in [0.5, 0.6) is 11.5 Å². The van der Waals surface area contributed by atoms with Gasteiger partial charge in [-0.3, -0.25) is 0 Å². The average Bonchev–Trinajstić information content (AvgIpc) is 2.86. The van der Waals surface area contributed by atoms with Gasteiger partial charge in [0.05, 0.1) is 25.4 Å². The summed E-state index contributed by atoms with van der Waals surface area (Å²) < 4.78 is 23.8. The van der Waals surface area contributed by atoms with E-state index < -0.39 is 18.3 Å². The summed E-state index contributed by atoms with van der Waals surface area (Å²) in [5.74, 6) is 1.58. The largest absolute Gasteiger partial charge is 0.498 e. The molecule has 0 bridgehead atoms. The second-order valence-corrected chi connectivity index (χ2v) is 9.07. The zero-order chi connectivity index (χ0) is 21.8. The van der Waals surface area contributed by atoms with Crippen molar-refractivity contribution in [3.05, 3.63) is 41.0 Å². The Hall–Kier alpha value is -1.72. The van der Waals surface area contributed by atoms with Crippen LogP contribution in [-0.4, -0.2) is 32.5 Å². The minimum Gasteiger partial charge on any atom is -0.497 e. The van der Waals surface area contributed by atoms with Crippen LogP contribution in [0, 0.1) is 0 Å². The number of benzene rings is 1. The molecule has 0 unspecified atom stereocenters. The van der Waals surface area contributed by atoms with Crippen LogP contribution in [-0.2, 0) is 15.7 Å². The van der Waals surface area contributed by atoms with Gasteiger partial charge in [0.1, 0.15) is 11.5 Å². The topological polar surface area (TPSA) is 36.9 Å². The van der Waals surface area contributed by atoms with Gasteiger partial charge in [0.2, 0.25) is 0 Å². The van der Waals surface area contributed by atoms with Gasteiger partial charge in [-0.2, -0.15) is 0 Å². The lowest BCUT2D eigenvalue weighted by Crippen LogP contribution is -2.41. The van der Waals surface area contributed by atoms with Crippen LogP contribution in [0.1, 0.15) is 66.9 Å². The summed E-state index contributed by atoms with van der Waals surface area (Å²) >= 11 is 0. The van der Waals surface area contributed by atoms with Crippen LogP contribution in [0.3, 0.4) is 0 Å². The minimum absolute atomic E-state index is 0.403. The van der Waals surface area contributed by atoms with Crippen LogP contribution >= 0.6 is 0 Å². The first-order chi connectivity index (χ1) is 13.5. The first-order valence-corrected chi connectivity index (χ1v) is 10.4. The molecule has 1 saturated heterocycles. The van der Waals surface area contributed by atoms with Crippen molar-refractivity contribution in [1.82, 2.24) is 0 Å². The van der Waals surface area contributed by atoms with Crippen LogP contribution in [0.4, 0.5) is 0 Å². The third kappa shape index (κ3) is 5.67. The molecule has 1 aromatic rings. The van der Waals surface area contributed by atoms with Crippen molar-refractivity contribution in [1.29, 1.82) is 0 Å². The number of rotatable bonds is 8.